The second-order valence-electron chi connectivity index (χ2n) is 1.31. The Kier molecular flexibility index (Phi) is 12.3. The molecule has 8 N–H and O–H groups in total. The number of hydrogen-bond donors (Lipinski definition) is 8. The molecule has 0 aromatic rings. The summed E-state index contributed by atoms with van der Waals surface area (Å²) in [7, 11) is -12.4. The maximum atomic E-state index is 8.88. The minimum absolute atomic E-state index is 3.13. The molecule has 14 heteroatoms. The SMILES string of the molecule is O=P(O)(O)O.O=P(O)(O)O.O=[PH](O)O. The quantitative estimate of drug-likeness (QED) is 0.217. The Balaban J connectivity index is -0.000000131. The lowest BCUT2D eigenvalue weighted by atomic mass is 15.8. The van der Waals surface area contributed by atoms with Crippen LogP contribution < -0.4 is 0 Å². The summed E-state index contributed by atoms with van der Waals surface area (Å²) in [5.74, 6) is 0. The summed E-state index contributed by atoms with van der Waals surface area (Å²) in [6.45, 7) is 0. The Labute approximate surface area is 77.7 Å². The zero-order valence-electron chi connectivity index (χ0n) is 6.20. The van der Waals surface area contributed by atoms with Gasteiger partial charge in [-0.25, -0.2) is 9.13 Å². The van der Waals surface area contributed by atoms with Gasteiger partial charge in [-0.15, -0.1) is 0 Å². The first-order chi connectivity index (χ1) is 5.73. The van der Waals surface area contributed by atoms with Crippen LogP contribution in [0.2, 0.25) is 0 Å². The van der Waals surface area contributed by atoms with Crippen molar-refractivity contribution in [3.8, 4) is 0 Å². The van der Waals surface area contributed by atoms with Gasteiger partial charge in [-0.2, -0.15) is 0 Å². The molecule has 0 spiro atoms. The van der Waals surface area contributed by atoms with E-state index in [0.29, 0.717) is 0 Å². The van der Waals surface area contributed by atoms with Crippen molar-refractivity contribution in [2.24, 2.45) is 0 Å². The molecule has 0 aliphatic carbocycles. The molecule has 0 aromatic carbocycles. The maximum Gasteiger partial charge on any atom is 0.466 e. The Morgan fingerprint density at radius 1 is 0.714 bits per heavy atom. The summed E-state index contributed by atoms with van der Waals surface area (Å²) in [6, 6.07) is 0. The molecule has 0 fully saturated rings. The molecule has 0 saturated heterocycles. The molecule has 0 heterocycles. The van der Waals surface area contributed by atoms with E-state index < -0.39 is 23.9 Å². The zero-order valence-corrected chi connectivity index (χ0v) is 8.99. The lowest BCUT2D eigenvalue weighted by Gasteiger charge is -1.82. The summed E-state index contributed by atoms with van der Waals surface area (Å²) in [5, 5.41) is 0. The van der Waals surface area contributed by atoms with Crippen molar-refractivity contribution in [1.82, 2.24) is 0 Å². The molecule has 11 nitrogen and oxygen atoms in total. The third kappa shape index (κ3) is 11700. The summed E-state index contributed by atoms with van der Waals surface area (Å²) in [4.78, 5) is 57.4. The first kappa shape index (κ1) is 19.9. The van der Waals surface area contributed by atoms with Crippen molar-refractivity contribution in [3.05, 3.63) is 0 Å². The average molecular weight is 278 g/mol. The number of hydrogen-bond acceptors (Lipinski definition) is 3. The van der Waals surface area contributed by atoms with E-state index in [2.05, 4.69) is 0 Å². The fourth-order valence-corrected chi connectivity index (χ4v) is 0. The van der Waals surface area contributed by atoms with Crippen molar-refractivity contribution >= 4 is 23.9 Å². The van der Waals surface area contributed by atoms with Gasteiger partial charge in [0, 0.05) is 0 Å². The molecule has 0 unspecified atom stereocenters. The topological polar surface area (TPSA) is 213 Å². The molecule has 0 amide bonds. The first-order valence-electron chi connectivity index (χ1n) is 2.22. The minimum Gasteiger partial charge on any atom is -0.326 e. The highest BCUT2D eigenvalue weighted by atomic mass is 31.2. The van der Waals surface area contributed by atoms with Crippen molar-refractivity contribution < 1.29 is 52.8 Å². The molecular weight excluding hydrogens is 269 g/mol. The lowest BCUT2D eigenvalue weighted by Crippen LogP contribution is -1.66. The molecular formula is H9O11P3. The molecule has 0 rings (SSSR count). The fourth-order valence-electron chi connectivity index (χ4n) is 0. The van der Waals surface area contributed by atoms with Gasteiger partial charge in [-0.1, -0.05) is 0 Å². The molecule has 0 saturated carbocycles. The van der Waals surface area contributed by atoms with Gasteiger partial charge in [0.05, 0.1) is 0 Å². The highest BCUT2D eigenvalue weighted by Crippen LogP contribution is 2.26. The zero-order chi connectivity index (χ0) is 12.6. The highest BCUT2D eigenvalue weighted by Gasteiger charge is 2.00. The van der Waals surface area contributed by atoms with Gasteiger partial charge in [0.2, 0.25) is 0 Å². The van der Waals surface area contributed by atoms with E-state index in [9.17, 15) is 0 Å². The molecule has 0 radical (unpaired) electrons. The summed E-state index contributed by atoms with van der Waals surface area (Å²) in [5.41, 5.74) is 0. The summed E-state index contributed by atoms with van der Waals surface area (Å²) < 4.78 is 26.5. The highest BCUT2D eigenvalue weighted by molar-refractivity contribution is 7.45. The largest absolute Gasteiger partial charge is 0.466 e. The van der Waals surface area contributed by atoms with E-state index in [1.807, 2.05) is 0 Å². The predicted molar refractivity (Wildman–Crippen MR) is 42.0 cm³/mol. The predicted octanol–water partition coefficient (Wildman–Crippen LogP) is -2.50. The van der Waals surface area contributed by atoms with E-state index in [0.717, 1.165) is 0 Å². The van der Waals surface area contributed by atoms with Gasteiger partial charge in [-0.3, -0.25) is 4.57 Å². The smallest absolute Gasteiger partial charge is 0.326 e. The number of phosphoric acid groups is 2. The normalized spacial score (nSPS) is 10.9. The van der Waals surface area contributed by atoms with Crippen LogP contribution in [0, 0.1) is 0 Å². The van der Waals surface area contributed by atoms with Crippen LogP contribution in [0.3, 0.4) is 0 Å². The Bertz CT molecular complexity index is 186. The van der Waals surface area contributed by atoms with E-state index in [1.54, 1.807) is 0 Å². The molecule has 0 aliphatic rings. The van der Waals surface area contributed by atoms with Crippen molar-refractivity contribution in [3.63, 3.8) is 0 Å². The maximum absolute atomic E-state index is 8.88. The molecule has 0 aromatic heterocycles. The third-order valence-corrected chi connectivity index (χ3v) is 0. The van der Waals surface area contributed by atoms with Crippen LogP contribution >= 0.6 is 23.9 Å². The van der Waals surface area contributed by atoms with Crippen molar-refractivity contribution in [1.29, 1.82) is 0 Å². The van der Waals surface area contributed by atoms with Gasteiger partial charge in [-0.05, 0) is 0 Å². The molecule has 90 valence electrons. The molecule has 0 aliphatic heterocycles. The first-order valence-corrected chi connectivity index (χ1v) is 6.65. The van der Waals surface area contributed by atoms with Crippen LogP contribution in [-0.4, -0.2) is 39.1 Å². The standard InChI is InChI=1S/2H3O4P.H3O3P/c2*1-5(2,3)4;1-4(2)3/h2*(H3,1,2,3,4);4H,(H2,1,2,3). The second-order valence-corrected chi connectivity index (χ2v) is 3.93. The van der Waals surface area contributed by atoms with Gasteiger partial charge < -0.3 is 39.1 Å². The second kappa shape index (κ2) is 8.66. The van der Waals surface area contributed by atoms with Gasteiger partial charge in [0.1, 0.15) is 0 Å². The van der Waals surface area contributed by atoms with Gasteiger partial charge in [0.25, 0.3) is 0 Å². The van der Waals surface area contributed by atoms with Crippen LogP contribution in [0.15, 0.2) is 0 Å². The average Bonchev–Trinajstić information content (AvgIpc) is 1.45. The third-order valence-electron chi connectivity index (χ3n) is 0. The summed E-state index contributed by atoms with van der Waals surface area (Å²) in [6.07, 6.45) is 0. The van der Waals surface area contributed by atoms with E-state index in [1.165, 1.54) is 0 Å². The number of rotatable bonds is 0. The van der Waals surface area contributed by atoms with Crippen molar-refractivity contribution in [2.75, 3.05) is 0 Å². The minimum atomic E-state index is -4.64. The van der Waals surface area contributed by atoms with Crippen LogP contribution in [0.4, 0.5) is 0 Å². The van der Waals surface area contributed by atoms with Gasteiger partial charge in [0.15, 0.2) is 0 Å². The van der Waals surface area contributed by atoms with E-state index in [-0.39, 0.29) is 0 Å². The van der Waals surface area contributed by atoms with Crippen LogP contribution in [0.25, 0.3) is 0 Å². The van der Waals surface area contributed by atoms with E-state index >= 15 is 0 Å². The molecule has 14 heavy (non-hydrogen) atoms. The molecule has 0 bridgehead atoms. The lowest BCUT2D eigenvalue weighted by molar-refractivity contribution is 0.272. The Morgan fingerprint density at radius 3 is 0.714 bits per heavy atom. The molecule has 0 atom stereocenters. The summed E-state index contributed by atoms with van der Waals surface area (Å²) >= 11 is 0. The van der Waals surface area contributed by atoms with Gasteiger partial charge >= 0.3 is 23.9 Å². The van der Waals surface area contributed by atoms with Crippen LogP contribution in [0.1, 0.15) is 0 Å². The van der Waals surface area contributed by atoms with Crippen molar-refractivity contribution in [2.45, 2.75) is 0 Å². The Morgan fingerprint density at radius 2 is 0.714 bits per heavy atom. The fraction of sp³-hybridized carbons (Fsp3) is 0. The monoisotopic (exact) mass is 278 g/mol. The van der Waals surface area contributed by atoms with E-state index in [4.69, 9.17) is 52.8 Å². The Hall–Kier alpha value is 0.370. The van der Waals surface area contributed by atoms with Crippen LogP contribution in [0.5, 0.6) is 0 Å². The van der Waals surface area contributed by atoms with Crippen LogP contribution in [-0.2, 0) is 13.7 Å².